The summed E-state index contributed by atoms with van der Waals surface area (Å²) in [5.41, 5.74) is 1.38. The predicted octanol–water partition coefficient (Wildman–Crippen LogP) is 2.94. The quantitative estimate of drug-likeness (QED) is 0.783. The number of rotatable bonds is 5. The highest BCUT2D eigenvalue weighted by atomic mass is 16.7. The molecule has 2 aromatic rings. The third kappa shape index (κ3) is 3.24. The number of hydroxylamine groups is 2. The molecule has 0 aromatic heterocycles. The van der Waals surface area contributed by atoms with Gasteiger partial charge in [-0.3, -0.25) is 9.59 Å². The summed E-state index contributed by atoms with van der Waals surface area (Å²) >= 11 is 0. The van der Waals surface area contributed by atoms with Gasteiger partial charge in [-0.05, 0) is 29.7 Å². The molecule has 3 rings (SSSR count). The molecule has 0 bridgehead atoms. The van der Waals surface area contributed by atoms with Gasteiger partial charge < -0.3 is 9.57 Å². The first kappa shape index (κ1) is 16.7. The molecule has 128 valence electrons. The van der Waals surface area contributed by atoms with Crippen LogP contribution in [0.4, 0.5) is 0 Å². The molecule has 25 heavy (non-hydrogen) atoms. The monoisotopic (exact) mass is 339 g/mol. The summed E-state index contributed by atoms with van der Waals surface area (Å²) in [5.74, 6) is -1.35. The van der Waals surface area contributed by atoms with E-state index in [1.807, 2.05) is 26.0 Å². The fourth-order valence-electron chi connectivity index (χ4n) is 2.60. The van der Waals surface area contributed by atoms with E-state index in [2.05, 4.69) is 0 Å². The van der Waals surface area contributed by atoms with Crippen molar-refractivity contribution in [2.45, 2.75) is 19.8 Å². The summed E-state index contributed by atoms with van der Waals surface area (Å²) in [6.45, 7) is 3.62. The molecule has 1 aliphatic rings. The van der Waals surface area contributed by atoms with Gasteiger partial charge in [0, 0.05) is 0 Å². The van der Waals surface area contributed by atoms with Crippen molar-refractivity contribution < 1.29 is 24.0 Å². The maximum absolute atomic E-state index is 12.1. The molecule has 0 atom stereocenters. The Balaban J connectivity index is 1.65. The summed E-state index contributed by atoms with van der Waals surface area (Å²) in [5, 5.41) is 0.477. The number of ether oxygens (including phenoxy) is 1. The van der Waals surface area contributed by atoms with E-state index in [4.69, 9.17) is 9.57 Å². The third-order valence-corrected chi connectivity index (χ3v) is 3.84. The number of para-hydroxylation sites is 1. The van der Waals surface area contributed by atoms with Crippen molar-refractivity contribution in [3.05, 3.63) is 65.2 Å². The van der Waals surface area contributed by atoms with Crippen LogP contribution in [-0.2, 0) is 9.63 Å². The zero-order chi connectivity index (χ0) is 18.0. The lowest BCUT2D eigenvalue weighted by Gasteiger charge is -2.15. The molecule has 0 radical (unpaired) electrons. The van der Waals surface area contributed by atoms with Gasteiger partial charge >= 0.3 is 5.97 Å². The van der Waals surface area contributed by atoms with E-state index in [0.717, 1.165) is 5.56 Å². The number of hydrogen-bond acceptors (Lipinski definition) is 5. The molecule has 6 nitrogen and oxygen atoms in total. The zero-order valence-corrected chi connectivity index (χ0v) is 13.9. The number of imide groups is 1. The number of fused-ring (bicyclic) bond motifs is 1. The minimum atomic E-state index is -0.826. The second kappa shape index (κ2) is 6.76. The topological polar surface area (TPSA) is 72.9 Å². The second-order valence-electron chi connectivity index (χ2n) is 5.89. The Kier molecular flexibility index (Phi) is 4.52. The molecule has 1 heterocycles. The van der Waals surface area contributed by atoms with Crippen molar-refractivity contribution in [1.82, 2.24) is 5.06 Å². The summed E-state index contributed by atoms with van der Waals surface area (Å²) < 4.78 is 5.49. The summed E-state index contributed by atoms with van der Waals surface area (Å²) in [6, 6.07) is 13.7. The van der Waals surface area contributed by atoms with Gasteiger partial charge in [0.25, 0.3) is 11.8 Å². The molecule has 0 fully saturated rings. The Labute approximate surface area is 144 Å². The molecule has 0 aliphatic carbocycles. The first-order chi connectivity index (χ1) is 12.0. The summed E-state index contributed by atoms with van der Waals surface area (Å²) in [7, 11) is 0. The molecule has 0 spiro atoms. The number of carbonyl (C=O) groups is 3. The Morgan fingerprint density at radius 3 is 2.12 bits per heavy atom. The summed E-state index contributed by atoms with van der Waals surface area (Å²) in [6.07, 6.45) is 0. The van der Waals surface area contributed by atoms with Gasteiger partial charge in [0.05, 0.1) is 11.1 Å². The molecule has 1 aliphatic heterocycles. The van der Waals surface area contributed by atoms with Gasteiger partial charge in [-0.25, -0.2) is 4.79 Å². The van der Waals surface area contributed by atoms with E-state index in [1.54, 1.807) is 24.3 Å². The molecule has 0 unspecified atom stereocenters. The maximum Gasteiger partial charge on any atom is 0.370 e. The van der Waals surface area contributed by atoms with Gasteiger partial charge in [0.15, 0.2) is 6.61 Å². The first-order valence-corrected chi connectivity index (χ1v) is 7.89. The molecular weight excluding hydrogens is 322 g/mol. The van der Waals surface area contributed by atoms with Crippen LogP contribution in [0.3, 0.4) is 0 Å². The highest BCUT2D eigenvalue weighted by Crippen LogP contribution is 2.26. The van der Waals surface area contributed by atoms with Crippen molar-refractivity contribution in [1.29, 1.82) is 0 Å². The van der Waals surface area contributed by atoms with Gasteiger partial charge in [0.1, 0.15) is 5.75 Å². The molecule has 2 aromatic carbocycles. The first-order valence-electron chi connectivity index (χ1n) is 7.89. The Morgan fingerprint density at radius 2 is 1.52 bits per heavy atom. The van der Waals surface area contributed by atoms with Gasteiger partial charge in [0.2, 0.25) is 0 Å². The Hall–Kier alpha value is -3.15. The average molecular weight is 339 g/mol. The van der Waals surface area contributed by atoms with E-state index in [0.29, 0.717) is 10.8 Å². The smallest absolute Gasteiger partial charge is 0.370 e. The number of hydrogen-bond donors (Lipinski definition) is 0. The standard InChI is InChI=1S/C19H17NO5/c1-12(2)13-7-5-6-10-16(13)24-11-17(21)25-20-18(22)14-8-3-4-9-15(14)19(20)23/h3-10,12H,11H2,1-2H3. The maximum atomic E-state index is 12.1. The normalized spacial score (nSPS) is 13.2. The van der Waals surface area contributed by atoms with Crippen molar-refractivity contribution >= 4 is 17.8 Å². The molecule has 0 saturated carbocycles. The van der Waals surface area contributed by atoms with Crippen molar-refractivity contribution in [3.8, 4) is 5.75 Å². The van der Waals surface area contributed by atoms with Crippen LogP contribution in [0.1, 0.15) is 46.0 Å². The second-order valence-corrected chi connectivity index (χ2v) is 5.89. The molecular formula is C19H17NO5. The van der Waals surface area contributed by atoms with Gasteiger partial charge in [-0.1, -0.05) is 49.2 Å². The van der Waals surface area contributed by atoms with Gasteiger partial charge in [-0.15, -0.1) is 0 Å². The highest BCUT2D eigenvalue weighted by molar-refractivity contribution is 6.20. The lowest BCUT2D eigenvalue weighted by molar-refractivity contribution is -0.170. The molecule has 0 N–H and O–H groups in total. The van der Waals surface area contributed by atoms with Crippen LogP contribution in [-0.4, -0.2) is 29.5 Å². The largest absolute Gasteiger partial charge is 0.482 e. The molecule has 0 saturated heterocycles. The van der Waals surface area contributed by atoms with Crippen molar-refractivity contribution in [3.63, 3.8) is 0 Å². The van der Waals surface area contributed by atoms with Crippen LogP contribution in [0.2, 0.25) is 0 Å². The lowest BCUT2D eigenvalue weighted by Crippen LogP contribution is -2.34. The Morgan fingerprint density at radius 1 is 0.960 bits per heavy atom. The van der Waals surface area contributed by atoms with Crippen LogP contribution >= 0.6 is 0 Å². The lowest BCUT2D eigenvalue weighted by atomic mass is 10.0. The van der Waals surface area contributed by atoms with Crippen molar-refractivity contribution in [2.24, 2.45) is 0 Å². The van der Waals surface area contributed by atoms with Crippen LogP contribution in [0, 0.1) is 0 Å². The fraction of sp³-hybridized carbons (Fsp3) is 0.211. The SMILES string of the molecule is CC(C)c1ccccc1OCC(=O)ON1C(=O)c2ccccc2C1=O. The van der Waals surface area contributed by atoms with E-state index in [-0.39, 0.29) is 17.0 Å². The Bertz CT molecular complexity index is 808. The third-order valence-electron chi connectivity index (χ3n) is 3.84. The number of benzene rings is 2. The number of amides is 2. The zero-order valence-electron chi connectivity index (χ0n) is 13.9. The van der Waals surface area contributed by atoms with Crippen LogP contribution in [0.15, 0.2) is 48.5 Å². The molecule has 2 amide bonds. The minimum absolute atomic E-state index is 0.214. The van der Waals surface area contributed by atoms with Crippen LogP contribution in [0.25, 0.3) is 0 Å². The fourth-order valence-corrected chi connectivity index (χ4v) is 2.60. The van der Waals surface area contributed by atoms with Gasteiger partial charge in [-0.2, -0.15) is 0 Å². The van der Waals surface area contributed by atoms with Crippen molar-refractivity contribution in [2.75, 3.05) is 6.61 Å². The van der Waals surface area contributed by atoms with E-state index in [1.165, 1.54) is 12.1 Å². The highest BCUT2D eigenvalue weighted by Gasteiger charge is 2.38. The van der Waals surface area contributed by atoms with E-state index >= 15 is 0 Å². The van der Waals surface area contributed by atoms with E-state index < -0.39 is 24.4 Å². The average Bonchev–Trinajstić information content (AvgIpc) is 2.85. The summed E-state index contributed by atoms with van der Waals surface area (Å²) in [4.78, 5) is 41.2. The van der Waals surface area contributed by atoms with Crippen LogP contribution < -0.4 is 4.74 Å². The number of carbonyl (C=O) groups excluding carboxylic acids is 3. The van der Waals surface area contributed by atoms with E-state index in [9.17, 15) is 14.4 Å². The predicted molar refractivity (Wildman–Crippen MR) is 89.1 cm³/mol. The minimum Gasteiger partial charge on any atom is -0.482 e. The molecule has 6 heteroatoms. The number of nitrogens with zero attached hydrogens (tertiary/aromatic N) is 1. The van der Waals surface area contributed by atoms with Crippen LogP contribution in [0.5, 0.6) is 5.75 Å².